The molecule has 0 radical (unpaired) electrons. The fraction of sp³-hybridized carbons (Fsp3) is 0.429. The second kappa shape index (κ2) is 4.69. The molecular formula is C14H17N3S. The van der Waals surface area contributed by atoms with Gasteiger partial charge in [-0.25, -0.2) is 4.99 Å². The van der Waals surface area contributed by atoms with Gasteiger partial charge in [0, 0.05) is 11.3 Å². The minimum atomic E-state index is 0.464. The molecule has 1 aromatic heterocycles. The summed E-state index contributed by atoms with van der Waals surface area (Å²) in [5.74, 6) is 2.02. The first-order chi connectivity index (χ1) is 8.74. The van der Waals surface area contributed by atoms with E-state index in [1.54, 1.807) is 0 Å². The Bertz CT molecular complexity index is 594. The van der Waals surface area contributed by atoms with E-state index in [4.69, 9.17) is 5.73 Å². The third-order valence-corrected chi connectivity index (χ3v) is 4.43. The normalized spacial score (nSPS) is 17.7. The molecule has 0 saturated heterocycles. The Morgan fingerprint density at radius 2 is 2.17 bits per heavy atom. The predicted octanol–water partition coefficient (Wildman–Crippen LogP) is 3.78. The molecule has 1 saturated carbocycles. The molecule has 2 aromatic rings. The quantitative estimate of drug-likeness (QED) is 0.659. The molecule has 4 heteroatoms. The van der Waals surface area contributed by atoms with Crippen molar-refractivity contribution in [3.05, 3.63) is 23.8 Å². The molecule has 0 unspecified atom stereocenters. The Morgan fingerprint density at radius 3 is 2.94 bits per heavy atom. The number of aryl methyl sites for hydroxylation is 1. The number of aromatic nitrogens is 1. The van der Waals surface area contributed by atoms with Crippen molar-refractivity contribution < 1.29 is 0 Å². The molecule has 3 nitrogen and oxygen atoms in total. The topological polar surface area (TPSA) is 51.3 Å². The molecule has 1 aliphatic carbocycles. The third kappa shape index (κ3) is 2.12. The van der Waals surface area contributed by atoms with Gasteiger partial charge in [0.05, 0.1) is 4.70 Å². The second-order valence-corrected chi connectivity index (χ2v) is 5.83. The first-order valence-corrected chi connectivity index (χ1v) is 7.21. The molecule has 0 bridgehead atoms. The van der Waals surface area contributed by atoms with Crippen LogP contribution < -0.4 is 5.73 Å². The first kappa shape index (κ1) is 11.7. The minimum absolute atomic E-state index is 0.464. The van der Waals surface area contributed by atoms with Crippen LogP contribution in [0.2, 0.25) is 0 Å². The molecule has 0 amide bonds. The number of fused-ring (bicyclic) bond motifs is 1. The number of benzene rings is 1. The van der Waals surface area contributed by atoms with E-state index in [9.17, 15) is 0 Å². The molecule has 1 aromatic carbocycles. The standard InChI is InChI=1S/C14H17N3S/c1-9-6-7-12-11(8-9)14(17-18-12)16-13(15)10-4-2-3-5-10/h6-8,10H,2-5H2,1H3,(H2,15,16,17). The summed E-state index contributed by atoms with van der Waals surface area (Å²) in [5, 5.41) is 1.13. The minimum Gasteiger partial charge on any atom is -0.387 e. The highest BCUT2D eigenvalue weighted by Gasteiger charge is 2.19. The van der Waals surface area contributed by atoms with Crippen LogP contribution in [0.1, 0.15) is 31.2 Å². The first-order valence-electron chi connectivity index (χ1n) is 6.44. The van der Waals surface area contributed by atoms with Gasteiger partial charge >= 0.3 is 0 Å². The maximum Gasteiger partial charge on any atom is 0.175 e. The van der Waals surface area contributed by atoms with Gasteiger partial charge in [0.2, 0.25) is 0 Å². The number of hydrogen-bond donors (Lipinski definition) is 1. The molecule has 94 valence electrons. The summed E-state index contributed by atoms with van der Waals surface area (Å²) in [4.78, 5) is 4.56. The van der Waals surface area contributed by atoms with Crippen molar-refractivity contribution in [1.82, 2.24) is 4.37 Å². The Hall–Kier alpha value is -1.42. The van der Waals surface area contributed by atoms with Gasteiger partial charge in [-0.15, -0.1) is 0 Å². The summed E-state index contributed by atoms with van der Waals surface area (Å²) in [6.45, 7) is 2.09. The predicted molar refractivity (Wildman–Crippen MR) is 77.6 cm³/mol. The molecule has 1 heterocycles. The number of amidine groups is 1. The number of nitrogens with zero attached hydrogens (tertiary/aromatic N) is 2. The van der Waals surface area contributed by atoms with Crippen LogP contribution in [0.4, 0.5) is 5.82 Å². The zero-order valence-corrected chi connectivity index (χ0v) is 11.3. The molecule has 1 aliphatic rings. The van der Waals surface area contributed by atoms with Crippen molar-refractivity contribution in [3.63, 3.8) is 0 Å². The van der Waals surface area contributed by atoms with E-state index in [2.05, 4.69) is 34.5 Å². The van der Waals surface area contributed by atoms with Crippen molar-refractivity contribution >= 4 is 33.3 Å². The lowest BCUT2D eigenvalue weighted by molar-refractivity contribution is 0.722. The molecule has 0 spiro atoms. The molecular weight excluding hydrogens is 242 g/mol. The van der Waals surface area contributed by atoms with Crippen LogP contribution >= 0.6 is 11.5 Å². The van der Waals surface area contributed by atoms with Gasteiger partial charge in [0.15, 0.2) is 5.82 Å². The van der Waals surface area contributed by atoms with Crippen LogP contribution in [0.3, 0.4) is 0 Å². The molecule has 3 rings (SSSR count). The zero-order valence-electron chi connectivity index (χ0n) is 10.5. The number of rotatable bonds is 2. The van der Waals surface area contributed by atoms with Crippen LogP contribution in [0.25, 0.3) is 10.1 Å². The molecule has 2 N–H and O–H groups in total. The second-order valence-electron chi connectivity index (χ2n) is 5.02. The van der Waals surface area contributed by atoms with Crippen molar-refractivity contribution in [2.45, 2.75) is 32.6 Å². The Kier molecular flexibility index (Phi) is 3.04. The average molecular weight is 259 g/mol. The van der Waals surface area contributed by atoms with E-state index in [1.165, 1.54) is 47.5 Å². The van der Waals surface area contributed by atoms with E-state index >= 15 is 0 Å². The molecule has 0 atom stereocenters. The van der Waals surface area contributed by atoms with Crippen LogP contribution in [0.5, 0.6) is 0 Å². The Morgan fingerprint density at radius 1 is 1.39 bits per heavy atom. The van der Waals surface area contributed by atoms with Gasteiger partial charge in [-0.3, -0.25) is 0 Å². The van der Waals surface area contributed by atoms with Crippen molar-refractivity contribution in [3.8, 4) is 0 Å². The molecule has 0 aliphatic heterocycles. The van der Waals surface area contributed by atoms with Crippen LogP contribution in [0.15, 0.2) is 23.2 Å². The highest BCUT2D eigenvalue weighted by atomic mass is 32.1. The van der Waals surface area contributed by atoms with Gasteiger partial charge in [-0.05, 0) is 43.4 Å². The lowest BCUT2D eigenvalue weighted by Gasteiger charge is -2.06. The summed E-state index contributed by atoms with van der Waals surface area (Å²) < 4.78 is 5.60. The smallest absolute Gasteiger partial charge is 0.175 e. The summed E-state index contributed by atoms with van der Waals surface area (Å²) >= 11 is 1.49. The lowest BCUT2D eigenvalue weighted by atomic mass is 10.1. The van der Waals surface area contributed by atoms with E-state index < -0.39 is 0 Å². The van der Waals surface area contributed by atoms with Crippen molar-refractivity contribution in [2.75, 3.05) is 0 Å². The third-order valence-electron chi connectivity index (χ3n) is 3.61. The maximum atomic E-state index is 6.11. The largest absolute Gasteiger partial charge is 0.387 e. The number of nitrogens with two attached hydrogens (primary N) is 1. The van der Waals surface area contributed by atoms with Gasteiger partial charge in [-0.1, -0.05) is 24.5 Å². The van der Waals surface area contributed by atoms with Gasteiger partial charge < -0.3 is 5.73 Å². The van der Waals surface area contributed by atoms with Gasteiger partial charge in [0.1, 0.15) is 5.84 Å². The van der Waals surface area contributed by atoms with E-state index in [0.29, 0.717) is 5.92 Å². The fourth-order valence-corrected chi connectivity index (χ4v) is 3.26. The lowest BCUT2D eigenvalue weighted by Crippen LogP contribution is -2.20. The summed E-state index contributed by atoms with van der Waals surface area (Å²) in [6, 6.07) is 6.35. The monoisotopic (exact) mass is 259 g/mol. The Labute approximate surface area is 111 Å². The zero-order chi connectivity index (χ0) is 12.5. The summed E-state index contributed by atoms with van der Waals surface area (Å²) in [5.41, 5.74) is 7.35. The fourth-order valence-electron chi connectivity index (χ4n) is 2.56. The van der Waals surface area contributed by atoms with Gasteiger partial charge in [-0.2, -0.15) is 4.37 Å². The highest BCUT2D eigenvalue weighted by molar-refractivity contribution is 7.13. The van der Waals surface area contributed by atoms with E-state index in [0.717, 1.165) is 17.0 Å². The maximum absolute atomic E-state index is 6.11. The van der Waals surface area contributed by atoms with E-state index in [1.807, 2.05) is 0 Å². The van der Waals surface area contributed by atoms with Crippen molar-refractivity contribution in [2.24, 2.45) is 16.6 Å². The van der Waals surface area contributed by atoms with Gasteiger partial charge in [0.25, 0.3) is 0 Å². The SMILES string of the molecule is Cc1ccc2snc(N=C(N)C3CCCC3)c2c1. The van der Waals surface area contributed by atoms with Crippen LogP contribution in [0, 0.1) is 12.8 Å². The average Bonchev–Trinajstić information content (AvgIpc) is 2.99. The molecule has 18 heavy (non-hydrogen) atoms. The van der Waals surface area contributed by atoms with Crippen LogP contribution in [-0.2, 0) is 0 Å². The number of hydrogen-bond acceptors (Lipinski definition) is 3. The van der Waals surface area contributed by atoms with E-state index in [-0.39, 0.29) is 0 Å². The summed E-state index contributed by atoms with van der Waals surface area (Å²) in [7, 11) is 0. The summed E-state index contributed by atoms with van der Waals surface area (Å²) in [6.07, 6.45) is 4.91. The van der Waals surface area contributed by atoms with Crippen molar-refractivity contribution in [1.29, 1.82) is 0 Å². The molecule has 1 fully saturated rings. The number of aliphatic imine (C=N–C) groups is 1. The van der Waals surface area contributed by atoms with Crippen LogP contribution in [-0.4, -0.2) is 10.2 Å². The highest BCUT2D eigenvalue weighted by Crippen LogP contribution is 2.31. The Balaban J connectivity index is 1.98.